The fourth-order valence-electron chi connectivity index (χ4n) is 2.97. The van der Waals surface area contributed by atoms with Gasteiger partial charge in [-0.25, -0.2) is 0 Å². The fraction of sp³-hybridized carbons (Fsp3) is 0.438. The minimum absolute atomic E-state index is 0.0398. The number of halogens is 3. The van der Waals surface area contributed by atoms with Crippen LogP contribution in [0.4, 0.5) is 24.5 Å². The molecule has 1 saturated heterocycles. The molecule has 2 rings (SSSR count). The number of hydrogen-bond donors (Lipinski definition) is 1. The molecule has 0 bridgehead atoms. The zero-order chi connectivity index (χ0) is 16.5. The Kier molecular flexibility index (Phi) is 4.60. The van der Waals surface area contributed by atoms with Crippen molar-refractivity contribution in [2.45, 2.75) is 25.6 Å². The molecule has 1 aliphatic heterocycles. The van der Waals surface area contributed by atoms with Crippen molar-refractivity contribution < 1.29 is 13.2 Å². The van der Waals surface area contributed by atoms with Gasteiger partial charge in [0.25, 0.3) is 0 Å². The summed E-state index contributed by atoms with van der Waals surface area (Å²) in [6, 6.07) is 3.11. The van der Waals surface area contributed by atoms with E-state index in [1.807, 2.05) is 13.0 Å². The smallest absolute Gasteiger partial charge is 0.369 e. The van der Waals surface area contributed by atoms with Crippen LogP contribution in [0.25, 0.3) is 6.08 Å². The summed E-state index contributed by atoms with van der Waals surface area (Å²) in [5.41, 5.74) is 8.76. The number of benzene rings is 1. The lowest BCUT2D eigenvalue weighted by molar-refractivity contribution is -0.177. The van der Waals surface area contributed by atoms with E-state index in [0.717, 1.165) is 5.56 Å². The summed E-state index contributed by atoms with van der Waals surface area (Å²) in [6.07, 6.45) is -2.67. The summed E-state index contributed by atoms with van der Waals surface area (Å²) >= 11 is 0. The maximum atomic E-state index is 13.1. The van der Waals surface area contributed by atoms with E-state index in [9.17, 15) is 13.2 Å². The van der Waals surface area contributed by atoms with Gasteiger partial charge in [0.05, 0.1) is 11.6 Å². The van der Waals surface area contributed by atoms with E-state index in [4.69, 9.17) is 5.73 Å². The molecular formula is C16H20F3N3. The maximum Gasteiger partial charge on any atom is 0.393 e. The number of rotatable bonds is 3. The number of nitrogens with zero attached hydrogens (tertiary/aromatic N) is 2. The third-order valence-electron chi connectivity index (χ3n) is 4.04. The quantitative estimate of drug-likeness (QED) is 0.865. The van der Waals surface area contributed by atoms with Crippen molar-refractivity contribution >= 4 is 24.2 Å². The van der Waals surface area contributed by atoms with Gasteiger partial charge < -0.3 is 10.6 Å². The number of alkyl halides is 3. The molecule has 1 aromatic rings. The second-order valence-electron chi connectivity index (χ2n) is 5.67. The Morgan fingerprint density at radius 3 is 2.59 bits per heavy atom. The van der Waals surface area contributed by atoms with Crippen LogP contribution in [0.15, 0.2) is 23.7 Å². The van der Waals surface area contributed by atoms with Crippen molar-refractivity contribution in [2.75, 3.05) is 18.0 Å². The molecule has 6 heteroatoms. The number of aryl methyl sites for hydroxylation is 1. The molecule has 120 valence electrons. The van der Waals surface area contributed by atoms with E-state index in [1.165, 1.54) is 0 Å². The molecule has 0 spiro atoms. The van der Waals surface area contributed by atoms with Crippen molar-refractivity contribution in [1.82, 2.24) is 0 Å². The highest BCUT2D eigenvalue weighted by molar-refractivity contribution is 5.79. The number of anilines is 1. The molecule has 0 radical (unpaired) electrons. The van der Waals surface area contributed by atoms with Crippen molar-refractivity contribution in [1.29, 1.82) is 0 Å². The largest absolute Gasteiger partial charge is 0.393 e. The summed E-state index contributed by atoms with van der Waals surface area (Å²) in [5, 5.41) is 0. The molecule has 0 aromatic heterocycles. The molecule has 22 heavy (non-hydrogen) atoms. The van der Waals surface area contributed by atoms with E-state index < -0.39 is 18.1 Å². The predicted molar refractivity (Wildman–Crippen MR) is 84.8 cm³/mol. The van der Waals surface area contributed by atoms with Crippen LogP contribution in [0.5, 0.6) is 0 Å². The van der Waals surface area contributed by atoms with Crippen molar-refractivity contribution in [3.05, 3.63) is 29.8 Å². The standard InChI is InChI=1S/C16H20F3N3/c1-4-13-14(6-5-10(2)15(13)21-3)22-8-11(16(17,18)19)7-12(20)9-22/h4-6,11-12H,1,3,7-9,20H2,2H3/t11-,12?/m0/s1. The lowest BCUT2D eigenvalue weighted by Gasteiger charge is -2.39. The van der Waals surface area contributed by atoms with Crippen LogP contribution in [0, 0.1) is 12.8 Å². The predicted octanol–water partition coefficient (Wildman–Crippen LogP) is 3.69. The van der Waals surface area contributed by atoms with Crippen LogP contribution in [-0.4, -0.2) is 32.0 Å². The van der Waals surface area contributed by atoms with Crippen molar-refractivity contribution in [3.8, 4) is 0 Å². The Hall–Kier alpha value is -1.82. The molecule has 1 unspecified atom stereocenters. The summed E-state index contributed by atoms with van der Waals surface area (Å²) in [7, 11) is 0. The molecule has 2 N–H and O–H groups in total. The van der Waals surface area contributed by atoms with E-state index in [0.29, 0.717) is 23.5 Å². The monoisotopic (exact) mass is 311 g/mol. The molecule has 0 aliphatic carbocycles. The zero-order valence-electron chi connectivity index (χ0n) is 12.5. The Balaban J connectivity index is 2.42. The second kappa shape index (κ2) is 6.12. The van der Waals surface area contributed by atoms with Gasteiger partial charge >= 0.3 is 6.18 Å². The van der Waals surface area contributed by atoms with Crippen LogP contribution in [-0.2, 0) is 0 Å². The third kappa shape index (κ3) is 3.16. The second-order valence-corrected chi connectivity index (χ2v) is 5.67. The van der Waals surface area contributed by atoms with Crippen LogP contribution >= 0.6 is 0 Å². The first-order chi connectivity index (χ1) is 10.3. The molecule has 1 fully saturated rings. The average Bonchev–Trinajstić information content (AvgIpc) is 2.45. The molecule has 1 aromatic carbocycles. The molecular weight excluding hydrogens is 291 g/mol. The SMILES string of the molecule is C=Cc1c(N2CC(N)C[C@H](C(F)(F)F)C2)ccc(C)c1N=C. The third-order valence-corrected chi connectivity index (χ3v) is 4.04. The summed E-state index contributed by atoms with van der Waals surface area (Å²) in [4.78, 5) is 5.66. The first kappa shape index (κ1) is 16.5. The molecule has 1 heterocycles. The molecule has 0 saturated carbocycles. The van der Waals surface area contributed by atoms with Crippen LogP contribution in [0.1, 0.15) is 17.5 Å². The van der Waals surface area contributed by atoms with Crippen LogP contribution in [0.3, 0.4) is 0 Å². The van der Waals surface area contributed by atoms with Gasteiger partial charge in [0.2, 0.25) is 0 Å². The van der Waals surface area contributed by atoms with Crippen LogP contribution in [0.2, 0.25) is 0 Å². The highest BCUT2D eigenvalue weighted by Crippen LogP contribution is 2.38. The Morgan fingerprint density at radius 1 is 1.36 bits per heavy atom. The molecule has 1 aliphatic rings. The minimum Gasteiger partial charge on any atom is -0.369 e. The lowest BCUT2D eigenvalue weighted by Crippen LogP contribution is -2.51. The van der Waals surface area contributed by atoms with Crippen molar-refractivity contribution in [3.63, 3.8) is 0 Å². The van der Waals surface area contributed by atoms with E-state index >= 15 is 0 Å². The van der Waals surface area contributed by atoms with Crippen LogP contribution < -0.4 is 10.6 Å². The fourth-order valence-corrected chi connectivity index (χ4v) is 2.97. The van der Waals surface area contributed by atoms with E-state index in [-0.39, 0.29) is 13.0 Å². The van der Waals surface area contributed by atoms with Gasteiger partial charge in [-0.05, 0) is 31.7 Å². The molecule has 0 amide bonds. The van der Waals surface area contributed by atoms with Gasteiger partial charge in [-0.15, -0.1) is 0 Å². The van der Waals surface area contributed by atoms with Gasteiger partial charge in [-0.1, -0.05) is 18.7 Å². The zero-order valence-corrected chi connectivity index (χ0v) is 12.5. The first-order valence-corrected chi connectivity index (χ1v) is 7.08. The topological polar surface area (TPSA) is 41.6 Å². The van der Waals surface area contributed by atoms with E-state index in [2.05, 4.69) is 18.3 Å². The van der Waals surface area contributed by atoms with Gasteiger partial charge in [0.1, 0.15) is 0 Å². The summed E-state index contributed by atoms with van der Waals surface area (Å²) in [6.45, 7) is 9.45. The number of aliphatic imine (C=N–C) groups is 1. The van der Waals surface area contributed by atoms with Crippen molar-refractivity contribution in [2.24, 2.45) is 16.6 Å². The van der Waals surface area contributed by atoms with Gasteiger partial charge in [0.15, 0.2) is 0 Å². The normalized spacial score (nSPS) is 22.5. The number of piperidine rings is 1. The summed E-state index contributed by atoms with van der Waals surface area (Å²) < 4.78 is 39.2. The van der Waals surface area contributed by atoms with Gasteiger partial charge in [0, 0.05) is 30.4 Å². The Morgan fingerprint density at radius 2 is 2.05 bits per heavy atom. The maximum absolute atomic E-state index is 13.1. The molecule has 2 atom stereocenters. The minimum atomic E-state index is -4.24. The number of nitrogens with two attached hydrogens (primary N) is 1. The lowest BCUT2D eigenvalue weighted by atomic mass is 9.92. The van der Waals surface area contributed by atoms with Gasteiger partial charge in [-0.3, -0.25) is 4.99 Å². The van der Waals surface area contributed by atoms with Gasteiger partial charge in [-0.2, -0.15) is 13.2 Å². The first-order valence-electron chi connectivity index (χ1n) is 7.08. The number of hydrogen-bond acceptors (Lipinski definition) is 3. The summed E-state index contributed by atoms with van der Waals surface area (Å²) in [5.74, 6) is -1.42. The Labute approximate surface area is 128 Å². The highest BCUT2D eigenvalue weighted by Gasteiger charge is 2.44. The molecule has 3 nitrogen and oxygen atoms in total. The average molecular weight is 311 g/mol. The Bertz CT molecular complexity index is 581. The highest BCUT2D eigenvalue weighted by atomic mass is 19.4. The van der Waals surface area contributed by atoms with E-state index in [1.54, 1.807) is 17.0 Å².